The summed E-state index contributed by atoms with van der Waals surface area (Å²) in [5.74, 6) is 0.145. The van der Waals surface area contributed by atoms with Crippen LogP contribution < -0.4 is 4.43 Å². The Kier molecular flexibility index (Phi) is 4.05. The van der Waals surface area contributed by atoms with E-state index in [1.807, 2.05) is 28.7 Å². The zero-order valence-electron chi connectivity index (χ0n) is 10.4. The average molecular weight is 352 g/mol. The van der Waals surface area contributed by atoms with Crippen LogP contribution in [-0.2, 0) is 0 Å². The maximum atomic E-state index is 13.8. The van der Waals surface area contributed by atoms with Gasteiger partial charge in [0.25, 0.3) is 8.32 Å². The summed E-state index contributed by atoms with van der Waals surface area (Å²) >= 11 is 1.98. The first kappa shape index (κ1) is 14.0. The smallest absolute Gasteiger partial charge is 0.250 e. The molecule has 4 heteroatoms. The van der Waals surface area contributed by atoms with Gasteiger partial charge in [0, 0.05) is 0 Å². The Labute approximate surface area is 112 Å². The van der Waals surface area contributed by atoms with E-state index >= 15 is 0 Å². The second-order valence-corrected chi connectivity index (χ2v) is 11.3. The van der Waals surface area contributed by atoms with Gasteiger partial charge in [-0.15, -0.1) is 0 Å². The summed E-state index contributed by atoms with van der Waals surface area (Å²) in [6.45, 7) is 10.7. The van der Waals surface area contributed by atoms with Crippen molar-refractivity contribution >= 4 is 30.9 Å². The summed E-state index contributed by atoms with van der Waals surface area (Å²) in [7, 11) is -1.94. The van der Waals surface area contributed by atoms with E-state index in [1.165, 1.54) is 0 Å². The molecule has 0 spiro atoms. The average Bonchev–Trinajstić information content (AvgIpc) is 2.11. The Morgan fingerprint density at radius 2 is 1.81 bits per heavy atom. The number of hydrogen-bond acceptors (Lipinski definition) is 1. The molecule has 1 rings (SSSR count). The predicted octanol–water partition coefficient (Wildman–Crippen LogP) is 4.81. The van der Waals surface area contributed by atoms with Gasteiger partial charge in [0.2, 0.25) is 0 Å². The van der Waals surface area contributed by atoms with Crippen molar-refractivity contribution in [2.45, 2.75) is 38.9 Å². The van der Waals surface area contributed by atoms with E-state index in [0.717, 1.165) is 0 Å². The molecule has 0 N–H and O–H groups in total. The second-order valence-electron chi connectivity index (χ2n) is 5.41. The molecule has 0 radical (unpaired) electrons. The molecule has 0 aliphatic carbocycles. The molecular weight excluding hydrogens is 334 g/mol. The molecule has 0 amide bonds. The highest BCUT2D eigenvalue weighted by atomic mass is 127. The van der Waals surface area contributed by atoms with Gasteiger partial charge in [-0.1, -0.05) is 26.8 Å². The third-order valence-electron chi connectivity index (χ3n) is 3.09. The Morgan fingerprint density at radius 3 is 2.31 bits per heavy atom. The molecule has 0 aliphatic rings. The molecule has 0 unspecified atom stereocenters. The molecule has 1 aromatic rings. The first-order chi connectivity index (χ1) is 7.15. The Hall–Kier alpha value is -0.103. The summed E-state index contributed by atoms with van der Waals surface area (Å²) < 4.78 is 20.4. The van der Waals surface area contributed by atoms with Crippen LogP contribution in [0.4, 0.5) is 4.39 Å². The largest absolute Gasteiger partial charge is 0.542 e. The molecule has 0 aromatic heterocycles. The second kappa shape index (κ2) is 4.64. The predicted molar refractivity (Wildman–Crippen MR) is 76.9 cm³/mol. The van der Waals surface area contributed by atoms with Crippen LogP contribution in [0, 0.1) is 9.39 Å². The van der Waals surface area contributed by atoms with E-state index in [2.05, 4.69) is 33.9 Å². The minimum Gasteiger partial charge on any atom is -0.542 e. The van der Waals surface area contributed by atoms with E-state index < -0.39 is 8.32 Å². The SMILES string of the molecule is CC(C)(C)[Si](C)(C)Oc1cccc(I)c1F. The Morgan fingerprint density at radius 1 is 1.25 bits per heavy atom. The molecule has 0 aliphatic heterocycles. The lowest BCUT2D eigenvalue weighted by molar-refractivity contribution is 0.455. The van der Waals surface area contributed by atoms with Gasteiger partial charge in [0.15, 0.2) is 5.82 Å². The summed E-state index contributed by atoms with van der Waals surface area (Å²) in [6.07, 6.45) is 0. The van der Waals surface area contributed by atoms with Gasteiger partial charge in [-0.3, -0.25) is 0 Å². The summed E-state index contributed by atoms with van der Waals surface area (Å²) in [6, 6.07) is 5.28. The Bertz CT molecular complexity index is 385. The van der Waals surface area contributed by atoms with Crippen LogP contribution in [0.3, 0.4) is 0 Å². The minimum atomic E-state index is -1.94. The third kappa shape index (κ3) is 2.97. The highest BCUT2D eigenvalue weighted by Crippen LogP contribution is 2.38. The normalized spacial score (nSPS) is 12.7. The summed E-state index contributed by atoms with van der Waals surface area (Å²) in [4.78, 5) is 0. The van der Waals surface area contributed by atoms with Gasteiger partial charge in [-0.2, -0.15) is 0 Å². The van der Waals surface area contributed by atoms with Gasteiger partial charge >= 0.3 is 0 Å². The third-order valence-corrected chi connectivity index (χ3v) is 8.26. The lowest BCUT2D eigenvalue weighted by atomic mass is 10.2. The van der Waals surface area contributed by atoms with E-state index in [4.69, 9.17) is 4.43 Å². The van der Waals surface area contributed by atoms with Crippen LogP contribution in [0.1, 0.15) is 20.8 Å². The quantitative estimate of drug-likeness (QED) is 0.548. The van der Waals surface area contributed by atoms with Crippen molar-refractivity contribution in [2.24, 2.45) is 0 Å². The number of hydrogen-bond donors (Lipinski definition) is 0. The van der Waals surface area contributed by atoms with Crippen molar-refractivity contribution in [3.05, 3.63) is 27.6 Å². The molecular formula is C12H18FIOSi. The van der Waals surface area contributed by atoms with E-state index in [0.29, 0.717) is 9.32 Å². The molecule has 1 aromatic carbocycles. The summed E-state index contributed by atoms with van der Waals surface area (Å²) in [5, 5.41) is 0.0840. The standard InChI is InChI=1S/C12H18FIOSi/c1-12(2,3)16(4,5)15-10-8-6-7-9(14)11(10)13/h6-8H,1-5H3. The van der Waals surface area contributed by atoms with E-state index in [9.17, 15) is 4.39 Å². The molecule has 0 atom stereocenters. The highest BCUT2D eigenvalue weighted by molar-refractivity contribution is 14.1. The van der Waals surface area contributed by atoms with Crippen molar-refractivity contribution in [3.63, 3.8) is 0 Å². The molecule has 0 fully saturated rings. The zero-order valence-corrected chi connectivity index (χ0v) is 13.6. The maximum absolute atomic E-state index is 13.8. The number of rotatable bonds is 2. The van der Waals surface area contributed by atoms with Crippen LogP contribution in [0.15, 0.2) is 18.2 Å². The van der Waals surface area contributed by atoms with Gasteiger partial charge in [-0.05, 0) is 52.9 Å². The molecule has 0 bridgehead atoms. The molecule has 0 saturated carbocycles. The monoisotopic (exact) mass is 352 g/mol. The van der Waals surface area contributed by atoms with Crippen LogP contribution in [0.2, 0.25) is 18.1 Å². The van der Waals surface area contributed by atoms with Crippen LogP contribution in [0.5, 0.6) is 5.75 Å². The lowest BCUT2D eigenvalue weighted by Gasteiger charge is -2.36. The van der Waals surface area contributed by atoms with Gasteiger partial charge < -0.3 is 4.43 Å². The van der Waals surface area contributed by atoms with Crippen molar-refractivity contribution in [2.75, 3.05) is 0 Å². The van der Waals surface area contributed by atoms with E-state index in [-0.39, 0.29) is 10.9 Å². The van der Waals surface area contributed by atoms with Gasteiger partial charge in [-0.25, -0.2) is 4.39 Å². The summed E-state index contributed by atoms with van der Waals surface area (Å²) in [5.41, 5.74) is 0. The minimum absolute atomic E-state index is 0.0840. The molecule has 0 heterocycles. The first-order valence-electron chi connectivity index (χ1n) is 5.28. The lowest BCUT2D eigenvalue weighted by Crippen LogP contribution is -2.44. The fourth-order valence-corrected chi connectivity index (χ4v) is 2.48. The van der Waals surface area contributed by atoms with Crippen LogP contribution in [-0.4, -0.2) is 8.32 Å². The molecule has 16 heavy (non-hydrogen) atoms. The molecule has 90 valence electrons. The van der Waals surface area contributed by atoms with Gasteiger partial charge in [0.05, 0.1) is 3.57 Å². The van der Waals surface area contributed by atoms with Gasteiger partial charge in [0.1, 0.15) is 5.75 Å². The Balaban J connectivity index is 3.02. The van der Waals surface area contributed by atoms with Crippen molar-refractivity contribution in [1.82, 2.24) is 0 Å². The molecule has 0 saturated heterocycles. The van der Waals surface area contributed by atoms with Crippen molar-refractivity contribution in [3.8, 4) is 5.75 Å². The van der Waals surface area contributed by atoms with Crippen LogP contribution >= 0.6 is 22.6 Å². The molecule has 1 nitrogen and oxygen atoms in total. The maximum Gasteiger partial charge on any atom is 0.250 e. The van der Waals surface area contributed by atoms with Crippen molar-refractivity contribution in [1.29, 1.82) is 0 Å². The zero-order chi connectivity index (χ0) is 12.6. The topological polar surface area (TPSA) is 9.23 Å². The number of benzene rings is 1. The highest BCUT2D eigenvalue weighted by Gasteiger charge is 2.39. The van der Waals surface area contributed by atoms with E-state index in [1.54, 1.807) is 12.1 Å². The van der Waals surface area contributed by atoms with Crippen LogP contribution in [0.25, 0.3) is 0 Å². The van der Waals surface area contributed by atoms with Crippen molar-refractivity contribution < 1.29 is 8.82 Å². The fourth-order valence-electron chi connectivity index (χ4n) is 0.991. The number of halogens is 2. The first-order valence-corrected chi connectivity index (χ1v) is 9.27. The fraction of sp³-hybridized carbons (Fsp3) is 0.500.